The number of hydrogen-bond donors (Lipinski definition) is 3. The number of carbonyl (C=O) groups is 1. The van der Waals surface area contributed by atoms with Crippen LogP contribution in [0, 0.1) is 0 Å². The topological polar surface area (TPSA) is 70.6 Å². The van der Waals surface area contributed by atoms with Crippen LogP contribution in [0.15, 0.2) is 24.3 Å². The number of ether oxygens (including phenoxy) is 1. The van der Waals surface area contributed by atoms with Gasteiger partial charge in [-0.15, -0.1) is 0 Å². The molecular formula is C16H24N2O3. The summed E-state index contributed by atoms with van der Waals surface area (Å²) in [7, 11) is 0. The van der Waals surface area contributed by atoms with Gasteiger partial charge in [-0.25, -0.2) is 0 Å². The quantitative estimate of drug-likeness (QED) is 0.775. The van der Waals surface area contributed by atoms with Gasteiger partial charge in [-0.05, 0) is 64.0 Å². The highest BCUT2D eigenvalue weighted by Gasteiger charge is 2.31. The van der Waals surface area contributed by atoms with E-state index in [9.17, 15) is 9.90 Å². The van der Waals surface area contributed by atoms with Gasteiger partial charge in [0.25, 0.3) is 0 Å². The first kappa shape index (κ1) is 15.8. The summed E-state index contributed by atoms with van der Waals surface area (Å²) in [6, 6.07) is 7.27. The summed E-state index contributed by atoms with van der Waals surface area (Å²) in [5.41, 5.74) is -0.163. The maximum atomic E-state index is 12.0. The Labute approximate surface area is 125 Å². The van der Waals surface area contributed by atoms with Crippen molar-refractivity contribution in [2.75, 3.05) is 18.4 Å². The van der Waals surface area contributed by atoms with E-state index in [0.29, 0.717) is 18.5 Å². The standard InChI is InChI=1S/C16H24N2O3/c1-12(2)21-14-5-3-13(4-6-14)18-15(19)11-16(20)7-9-17-10-8-16/h3-6,12,17,20H,7-11H2,1-2H3,(H,18,19). The van der Waals surface area contributed by atoms with Crippen LogP contribution in [-0.2, 0) is 4.79 Å². The summed E-state index contributed by atoms with van der Waals surface area (Å²) in [6.07, 6.45) is 1.49. The number of carbonyl (C=O) groups excluding carboxylic acids is 1. The van der Waals surface area contributed by atoms with Gasteiger partial charge in [0.05, 0.1) is 18.1 Å². The zero-order valence-corrected chi connectivity index (χ0v) is 12.7. The molecule has 1 aromatic carbocycles. The fourth-order valence-corrected chi connectivity index (χ4v) is 2.46. The Hall–Kier alpha value is -1.59. The van der Waals surface area contributed by atoms with Crippen molar-refractivity contribution in [2.24, 2.45) is 0 Å². The van der Waals surface area contributed by atoms with Crippen molar-refractivity contribution >= 4 is 11.6 Å². The Balaban J connectivity index is 1.87. The molecule has 3 N–H and O–H groups in total. The molecule has 1 fully saturated rings. The first-order valence-corrected chi connectivity index (χ1v) is 7.46. The highest BCUT2D eigenvalue weighted by molar-refractivity contribution is 5.91. The van der Waals surface area contributed by atoms with Crippen molar-refractivity contribution in [2.45, 2.75) is 44.8 Å². The Morgan fingerprint density at radius 1 is 1.33 bits per heavy atom. The third kappa shape index (κ3) is 5.02. The highest BCUT2D eigenvalue weighted by Crippen LogP contribution is 2.23. The van der Waals surface area contributed by atoms with Crippen LogP contribution >= 0.6 is 0 Å². The summed E-state index contributed by atoms with van der Waals surface area (Å²) in [5.74, 6) is 0.622. The molecule has 0 aromatic heterocycles. The molecule has 0 aliphatic carbocycles. The van der Waals surface area contributed by atoms with Crippen molar-refractivity contribution < 1.29 is 14.6 Å². The molecule has 21 heavy (non-hydrogen) atoms. The SMILES string of the molecule is CC(C)Oc1ccc(NC(=O)CC2(O)CCNCC2)cc1. The number of amides is 1. The normalized spacial score (nSPS) is 17.5. The number of aliphatic hydroxyl groups is 1. The molecule has 1 heterocycles. The minimum atomic E-state index is -0.879. The summed E-state index contributed by atoms with van der Waals surface area (Å²) in [6.45, 7) is 5.45. The van der Waals surface area contributed by atoms with Crippen molar-refractivity contribution in [3.8, 4) is 5.75 Å². The van der Waals surface area contributed by atoms with Gasteiger partial charge in [0, 0.05) is 5.69 Å². The van der Waals surface area contributed by atoms with Crippen LogP contribution in [-0.4, -0.2) is 35.8 Å². The second-order valence-corrected chi connectivity index (χ2v) is 5.89. The van der Waals surface area contributed by atoms with E-state index < -0.39 is 5.60 Å². The molecule has 1 amide bonds. The summed E-state index contributed by atoms with van der Waals surface area (Å²) in [4.78, 5) is 12.0. The van der Waals surface area contributed by atoms with E-state index >= 15 is 0 Å². The predicted octanol–water partition coefficient (Wildman–Crippen LogP) is 1.92. The van der Waals surface area contributed by atoms with Gasteiger partial charge >= 0.3 is 0 Å². The van der Waals surface area contributed by atoms with Crippen LogP contribution in [0.3, 0.4) is 0 Å². The van der Waals surface area contributed by atoms with Gasteiger partial charge in [-0.2, -0.15) is 0 Å². The molecule has 5 heteroatoms. The molecule has 0 radical (unpaired) electrons. The van der Waals surface area contributed by atoms with Gasteiger partial charge in [-0.1, -0.05) is 0 Å². The lowest BCUT2D eigenvalue weighted by Gasteiger charge is -2.31. The molecule has 0 bridgehead atoms. The third-order valence-electron chi connectivity index (χ3n) is 3.53. The van der Waals surface area contributed by atoms with Gasteiger partial charge < -0.3 is 20.5 Å². The predicted molar refractivity (Wildman–Crippen MR) is 82.5 cm³/mol. The zero-order valence-electron chi connectivity index (χ0n) is 12.7. The zero-order chi connectivity index (χ0) is 15.3. The number of hydrogen-bond acceptors (Lipinski definition) is 4. The number of rotatable bonds is 5. The molecule has 0 atom stereocenters. The molecule has 1 saturated heterocycles. The molecule has 0 saturated carbocycles. The average Bonchev–Trinajstić information content (AvgIpc) is 2.40. The lowest BCUT2D eigenvalue weighted by molar-refractivity contribution is -0.122. The molecule has 1 aliphatic rings. The van der Waals surface area contributed by atoms with Gasteiger partial charge in [0.1, 0.15) is 5.75 Å². The van der Waals surface area contributed by atoms with Gasteiger partial charge in [0.15, 0.2) is 0 Å². The minimum Gasteiger partial charge on any atom is -0.491 e. The molecule has 1 aliphatic heterocycles. The first-order valence-electron chi connectivity index (χ1n) is 7.46. The third-order valence-corrected chi connectivity index (χ3v) is 3.53. The second kappa shape index (κ2) is 6.91. The average molecular weight is 292 g/mol. The van der Waals surface area contributed by atoms with Crippen LogP contribution in [0.1, 0.15) is 33.1 Å². The number of nitrogens with one attached hydrogen (secondary N) is 2. The molecular weight excluding hydrogens is 268 g/mol. The minimum absolute atomic E-state index is 0.125. The van der Waals surface area contributed by atoms with E-state index in [-0.39, 0.29) is 18.4 Å². The maximum Gasteiger partial charge on any atom is 0.227 e. The fourth-order valence-electron chi connectivity index (χ4n) is 2.46. The van der Waals surface area contributed by atoms with E-state index in [1.165, 1.54) is 0 Å². The Morgan fingerprint density at radius 2 is 1.95 bits per heavy atom. The van der Waals surface area contributed by atoms with Crippen molar-refractivity contribution in [1.29, 1.82) is 0 Å². The summed E-state index contributed by atoms with van der Waals surface area (Å²) in [5, 5.41) is 16.3. The van der Waals surface area contributed by atoms with Gasteiger partial charge in [-0.3, -0.25) is 4.79 Å². The van der Waals surface area contributed by atoms with Crippen LogP contribution in [0.2, 0.25) is 0 Å². The van der Waals surface area contributed by atoms with Crippen LogP contribution in [0.25, 0.3) is 0 Å². The fraction of sp³-hybridized carbons (Fsp3) is 0.562. The van der Waals surface area contributed by atoms with Crippen LogP contribution in [0.4, 0.5) is 5.69 Å². The number of benzene rings is 1. The maximum absolute atomic E-state index is 12.0. The van der Waals surface area contributed by atoms with E-state index in [1.807, 2.05) is 38.1 Å². The van der Waals surface area contributed by atoms with Gasteiger partial charge in [0.2, 0.25) is 5.91 Å². The summed E-state index contributed by atoms with van der Waals surface area (Å²) >= 11 is 0. The van der Waals surface area contributed by atoms with E-state index in [1.54, 1.807) is 0 Å². The molecule has 0 unspecified atom stereocenters. The molecule has 116 valence electrons. The summed E-state index contributed by atoms with van der Waals surface area (Å²) < 4.78 is 5.55. The molecule has 5 nitrogen and oxygen atoms in total. The number of piperidine rings is 1. The van der Waals surface area contributed by atoms with Crippen LogP contribution in [0.5, 0.6) is 5.75 Å². The van der Waals surface area contributed by atoms with Crippen LogP contribution < -0.4 is 15.4 Å². The Morgan fingerprint density at radius 3 is 2.52 bits per heavy atom. The molecule has 1 aromatic rings. The second-order valence-electron chi connectivity index (χ2n) is 5.89. The highest BCUT2D eigenvalue weighted by atomic mass is 16.5. The van der Waals surface area contributed by atoms with E-state index in [2.05, 4.69) is 10.6 Å². The van der Waals surface area contributed by atoms with Crippen molar-refractivity contribution in [1.82, 2.24) is 5.32 Å². The van der Waals surface area contributed by atoms with Crippen molar-refractivity contribution in [3.05, 3.63) is 24.3 Å². The Kier molecular flexibility index (Phi) is 5.20. The molecule has 0 spiro atoms. The van der Waals surface area contributed by atoms with E-state index in [4.69, 9.17) is 4.74 Å². The van der Waals surface area contributed by atoms with E-state index in [0.717, 1.165) is 18.8 Å². The monoisotopic (exact) mass is 292 g/mol. The van der Waals surface area contributed by atoms with Crippen molar-refractivity contribution in [3.63, 3.8) is 0 Å². The smallest absolute Gasteiger partial charge is 0.227 e. The molecule has 2 rings (SSSR count). The first-order chi connectivity index (χ1) is 9.97. The lowest BCUT2D eigenvalue weighted by atomic mass is 9.89. The number of anilines is 1. The Bertz CT molecular complexity index is 465. The lowest BCUT2D eigenvalue weighted by Crippen LogP contribution is -2.44. The largest absolute Gasteiger partial charge is 0.491 e.